The summed E-state index contributed by atoms with van der Waals surface area (Å²) in [6.07, 6.45) is 3.38. The molecule has 0 saturated heterocycles. The highest BCUT2D eigenvalue weighted by atomic mass is 16.1. The highest BCUT2D eigenvalue weighted by Crippen LogP contribution is 2.23. The van der Waals surface area contributed by atoms with E-state index in [1.807, 2.05) is 48.5 Å². The number of nitrogens with zero attached hydrogens (tertiary/aromatic N) is 1. The van der Waals surface area contributed by atoms with E-state index in [0.29, 0.717) is 17.2 Å². The molecule has 0 aliphatic heterocycles. The maximum absolute atomic E-state index is 12.6. The van der Waals surface area contributed by atoms with Crippen LogP contribution in [0.25, 0.3) is 22.2 Å². The number of fused-ring (bicyclic) bond motifs is 1. The van der Waals surface area contributed by atoms with Gasteiger partial charge < -0.3 is 21.0 Å². The molecule has 4 rings (SSSR count). The van der Waals surface area contributed by atoms with E-state index in [-0.39, 0.29) is 5.91 Å². The average molecular weight is 317 g/mol. The first-order valence-electron chi connectivity index (χ1n) is 7.49. The zero-order valence-electron chi connectivity index (χ0n) is 12.7. The second-order valence-electron chi connectivity index (χ2n) is 5.46. The number of carbonyl (C=O) groups is 1. The van der Waals surface area contributed by atoms with Gasteiger partial charge in [-0.2, -0.15) is 0 Å². The number of hydrogen-bond acceptors (Lipinski definition) is 3. The summed E-state index contributed by atoms with van der Waals surface area (Å²) in [5, 5.41) is 3.82. The van der Waals surface area contributed by atoms with Crippen LogP contribution in [0.15, 0.2) is 60.9 Å². The molecule has 0 atom stereocenters. The van der Waals surface area contributed by atoms with Crippen LogP contribution < -0.4 is 11.1 Å². The minimum atomic E-state index is -0.159. The number of amides is 1. The number of carbonyl (C=O) groups excluding carboxylic acids is 1. The highest BCUT2D eigenvalue weighted by molar-refractivity contribution is 6.12. The van der Waals surface area contributed by atoms with Crippen LogP contribution in [0.4, 0.5) is 11.6 Å². The summed E-state index contributed by atoms with van der Waals surface area (Å²) in [5.74, 6) is 0.201. The van der Waals surface area contributed by atoms with E-state index in [9.17, 15) is 4.79 Å². The Morgan fingerprint density at radius 3 is 2.83 bits per heavy atom. The predicted octanol–water partition coefficient (Wildman–Crippen LogP) is 3.39. The number of hydrogen-bond donors (Lipinski definition) is 4. The molecule has 5 N–H and O–H groups in total. The zero-order valence-corrected chi connectivity index (χ0v) is 12.7. The standard InChI is InChI=1S/C18H15N5O/c19-18-21-10-16(23-18)11-4-3-5-12(8-11)22-17(24)14-9-20-15-7-2-1-6-13(14)15/h1-10,20H,(H,22,24)(H3,19,21,23). The number of anilines is 2. The van der Waals surface area contributed by atoms with Crippen molar-refractivity contribution in [2.45, 2.75) is 0 Å². The minimum absolute atomic E-state index is 0.159. The molecule has 1 amide bonds. The number of nitrogens with two attached hydrogens (primary N) is 1. The maximum Gasteiger partial charge on any atom is 0.257 e. The third kappa shape index (κ3) is 2.50. The van der Waals surface area contributed by atoms with Crippen molar-refractivity contribution in [2.24, 2.45) is 0 Å². The van der Waals surface area contributed by atoms with Gasteiger partial charge in [0.1, 0.15) is 0 Å². The van der Waals surface area contributed by atoms with Crippen LogP contribution >= 0.6 is 0 Å². The summed E-state index contributed by atoms with van der Waals surface area (Å²) in [6.45, 7) is 0. The lowest BCUT2D eigenvalue weighted by molar-refractivity contribution is 0.102. The minimum Gasteiger partial charge on any atom is -0.369 e. The van der Waals surface area contributed by atoms with Crippen molar-refractivity contribution in [3.8, 4) is 11.3 Å². The van der Waals surface area contributed by atoms with Crippen LogP contribution in [0.2, 0.25) is 0 Å². The van der Waals surface area contributed by atoms with Crippen LogP contribution in [0, 0.1) is 0 Å². The van der Waals surface area contributed by atoms with Gasteiger partial charge in [0.15, 0.2) is 5.95 Å². The second kappa shape index (κ2) is 5.58. The molecule has 6 nitrogen and oxygen atoms in total. The number of nitrogen functional groups attached to an aromatic ring is 1. The quantitative estimate of drug-likeness (QED) is 0.466. The first-order chi connectivity index (χ1) is 11.7. The molecule has 0 unspecified atom stereocenters. The van der Waals surface area contributed by atoms with Gasteiger partial charge in [-0.3, -0.25) is 4.79 Å². The fraction of sp³-hybridized carbons (Fsp3) is 0. The van der Waals surface area contributed by atoms with E-state index in [0.717, 1.165) is 22.2 Å². The second-order valence-corrected chi connectivity index (χ2v) is 5.46. The molecule has 0 bridgehead atoms. The van der Waals surface area contributed by atoms with Crippen molar-refractivity contribution in [2.75, 3.05) is 11.1 Å². The number of imidazole rings is 1. The number of rotatable bonds is 3. The topological polar surface area (TPSA) is 99.6 Å². The number of H-pyrrole nitrogens is 2. The molecule has 0 aliphatic rings. The number of benzene rings is 2. The monoisotopic (exact) mass is 317 g/mol. The molecule has 0 aliphatic carbocycles. The van der Waals surface area contributed by atoms with E-state index in [4.69, 9.17) is 5.73 Å². The Labute approximate surface area is 137 Å². The Kier molecular flexibility index (Phi) is 3.28. The van der Waals surface area contributed by atoms with Crippen molar-refractivity contribution in [3.63, 3.8) is 0 Å². The maximum atomic E-state index is 12.6. The molecule has 24 heavy (non-hydrogen) atoms. The fourth-order valence-electron chi connectivity index (χ4n) is 2.71. The molecular weight excluding hydrogens is 302 g/mol. The number of aromatic amines is 2. The van der Waals surface area contributed by atoms with Crippen molar-refractivity contribution in [1.82, 2.24) is 15.0 Å². The van der Waals surface area contributed by atoms with Gasteiger partial charge in [-0.05, 0) is 18.2 Å². The van der Waals surface area contributed by atoms with Crippen molar-refractivity contribution < 1.29 is 4.79 Å². The summed E-state index contributed by atoms with van der Waals surface area (Å²) < 4.78 is 0. The summed E-state index contributed by atoms with van der Waals surface area (Å²) >= 11 is 0. The van der Waals surface area contributed by atoms with Gasteiger partial charge in [0, 0.05) is 28.4 Å². The van der Waals surface area contributed by atoms with Crippen LogP contribution in [0.3, 0.4) is 0 Å². The lowest BCUT2D eigenvalue weighted by Gasteiger charge is -2.06. The van der Waals surface area contributed by atoms with Crippen molar-refractivity contribution in [3.05, 3.63) is 66.5 Å². The Morgan fingerprint density at radius 1 is 1.12 bits per heavy atom. The van der Waals surface area contributed by atoms with Gasteiger partial charge in [-0.25, -0.2) is 4.98 Å². The molecule has 2 aromatic carbocycles. The molecule has 4 aromatic rings. The summed E-state index contributed by atoms with van der Waals surface area (Å²) in [6, 6.07) is 15.2. The molecule has 6 heteroatoms. The average Bonchev–Trinajstić information content (AvgIpc) is 3.21. The Balaban J connectivity index is 1.62. The Bertz CT molecular complexity index is 1030. The van der Waals surface area contributed by atoms with Gasteiger partial charge in [0.05, 0.1) is 17.5 Å². The molecule has 0 saturated carbocycles. The molecule has 2 heterocycles. The molecule has 0 fully saturated rings. The lowest BCUT2D eigenvalue weighted by atomic mass is 10.1. The fourth-order valence-corrected chi connectivity index (χ4v) is 2.71. The van der Waals surface area contributed by atoms with Crippen molar-refractivity contribution in [1.29, 1.82) is 0 Å². The first kappa shape index (κ1) is 14.1. The van der Waals surface area contributed by atoms with Crippen molar-refractivity contribution >= 4 is 28.4 Å². The summed E-state index contributed by atoms with van der Waals surface area (Å²) in [5.41, 5.74) is 9.56. The lowest BCUT2D eigenvalue weighted by Crippen LogP contribution is -2.11. The summed E-state index contributed by atoms with van der Waals surface area (Å²) in [7, 11) is 0. The Hall–Kier alpha value is -3.54. The van der Waals surface area contributed by atoms with Gasteiger partial charge in [0.2, 0.25) is 0 Å². The molecule has 118 valence electrons. The van der Waals surface area contributed by atoms with Gasteiger partial charge in [-0.15, -0.1) is 0 Å². The molecule has 0 spiro atoms. The molecule has 2 aromatic heterocycles. The first-order valence-corrected chi connectivity index (χ1v) is 7.49. The van der Waals surface area contributed by atoms with E-state index in [1.165, 1.54) is 0 Å². The normalized spacial score (nSPS) is 10.8. The van der Waals surface area contributed by atoms with E-state index in [1.54, 1.807) is 12.4 Å². The third-order valence-corrected chi connectivity index (χ3v) is 3.86. The smallest absolute Gasteiger partial charge is 0.257 e. The SMILES string of the molecule is Nc1ncc(-c2cccc(NC(=O)c3c[nH]c4ccccc34)c2)[nH]1. The zero-order chi connectivity index (χ0) is 16.5. The van der Waals surface area contributed by atoms with E-state index < -0.39 is 0 Å². The number of nitrogens with one attached hydrogen (secondary N) is 3. The van der Waals surface area contributed by atoms with Gasteiger partial charge in [-0.1, -0.05) is 30.3 Å². The number of para-hydroxylation sites is 1. The third-order valence-electron chi connectivity index (χ3n) is 3.86. The summed E-state index contributed by atoms with van der Waals surface area (Å²) in [4.78, 5) is 22.6. The van der Waals surface area contributed by atoms with Crippen LogP contribution in [-0.4, -0.2) is 20.9 Å². The van der Waals surface area contributed by atoms with Gasteiger partial charge >= 0.3 is 0 Å². The molecule has 0 radical (unpaired) electrons. The van der Waals surface area contributed by atoms with Crippen LogP contribution in [-0.2, 0) is 0 Å². The highest BCUT2D eigenvalue weighted by Gasteiger charge is 2.12. The molecular formula is C18H15N5O. The van der Waals surface area contributed by atoms with E-state index >= 15 is 0 Å². The predicted molar refractivity (Wildman–Crippen MR) is 94.7 cm³/mol. The largest absolute Gasteiger partial charge is 0.369 e. The van der Waals surface area contributed by atoms with E-state index in [2.05, 4.69) is 20.3 Å². The van der Waals surface area contributed by atoms with Crippen LogP contribution in [0.5, 0.6) is 0 Å². The Morgan fingerprint density at radius 2 is 2.00 bits per heavy atom. The number of aromatic nitrogens is 3. The van der Waals surface area contributed by atoms with Crippen LogP contribution in [0.1, 0.15) is 10.4 Å². The van der Waals surface area contributed by atoms with Gasteiger partial charge in [0.25, 0.3) is 5.91 Å².